The quantitative estimate of drug-likeness (QED) is 0.0846. The lowest BCUT2D eigenvalue weighted by molar-refractivity contribution is -0.142. The van der Waals surface area contributed by atoms with E-state index in [2.05, 4.69) is 43.6 Å². The Bertz CT molecular complexity index is 2730. The fraction of sp³-hybridized carbons (Fsp3) is 0.316. The largest absolute Gasteiger partial charge is 0.435 e. The van der Waals surface area contributed by atoms with Crippen molar-refractivity contribution >= 4 is 44.3 Å². The summed E-state index contributed by atoms with van der Waals surface area (Å²) in [5.41, 5.74) is -4.24. The molecule has 1 fully saturated rings. The maximum atomic E-state index is 15.6. The Hall–Kier alpha value is -5.45. The number of aliphatic hydroxyl groups is 1. The molecule has 0 saturated heterocycles. The van der Waals surface area contributed by atoms with E-state index in [4.69, 9.17) is 11.6 Å². The van der Waals surface area contributed by atoms with Gasteiger partial charge in [0.05, 0.1) is 39.8 Å². The van der Waals surface area contributed by atoms with Crippen LogP contribution < -0.4 is 10.0 Å². The molecule has 1 amide bonds. The Kier molecular flexibility index (Phi) is 9.72. The Balaban J connectivity index is 1.39. The van der Waals surface area contributed by atoms with Gasteiger partial charge in [-0.3, -0.25) is 18.9 Å². The molecule has 3 aromatic heterocycles. The second-order valence-electron chi connectivity index (χ2n) is 14.6. The highest BCUT2D eigenvalue weighted by atomic mass is 35.5. The third kappa shape index (κ3) is 7.63. The lowest BCUT2D eigenvalue weighted by Gasteiger charge is -2.23. The number of amides is 1. The second-order valence-corrected chi connectivity index (χ2v) is 16.8. The number of aryl methyl sites for hydroxylation is 1. The molecular formula is C38H31ClF7N7O4S. The van der Waals surface area contributed by atoms with Crippen molar-refractivity contribution in [3.8, 4) is 23.0 Å². The van der Waals surface area contributed by atoms with Gasteiger partial charge in [0.2, 0.25) is 15.9 Å². The van der Waals surface area contributed by atoms with Crippen LogP contribution in [0, 0.1) is 29.4 Å². The van der Waals surface area contributed by atoms with Crippen molar-refractivity contribution in [3.05, 3.63) is 105 Å². The molecule has 20 heteroatoms. The SMILES string of the molecule is C=C1[C@@H]2c3c(C(F)(F)F)nn(CC(=O)N[C@@H](Cc4cc(F)cc(F)c4)c4nc(C#CC(C)(C)O)ccc4-c4ccc(Cl)c5c(NS(C)(=O)=O)nn(C)c45)c3C(F)(F)[C@H]12. The standard InChI is InChI=1S/C38H31ClF7N7O4S/c1-17-27-29-33(38(44,45)46)49-53(34(29)37(42,43)30(17)27)16-26(54)48-25(14-18-12-19(40)15-20(41)13-18)31-22(7-6-21(47-31)10-11-36(2,3)55)23-8-9-24(39)28-32(23)52(4)50-35(28)51-58(5,56)57/h6-9,12-13,15,25,27,30,55H,1,14,16H2,2-5H3,(H,48,54)(H,50,51)/t25-,27+,30+/m0/s1. The topological polar surface area (TPSA) is 144 Å². The van der Waals surface area contributed by atoms with Crippen molar-refractivity contribution in [1.29, 1.82) is 0 Å². The second kappa shape index (κ2) is 13.8. The normalized spacial score (nSPS) is 17.7. The number of carbonyl (C=O) groups excluding carboxylic acids is 1. The Labute approximate surface area is 330 Å². The number of benzene rings is 2. The van der Waals surface area contributed by atoms with Gasteiger partial charge in [0, 0.05) is 35.7 Å². The fourth-order valence-electron chi connectivity index (χ4n) is 7.36. The van der Waals surface area contributed by atoms with Gasteiger partial charge in [0.15, 0.2) is 11.5 Å². The number of hydrogen-bond donors (Lipinski definition) is 3. The number of nitrogens with one attached hydrogen (secondary N) is 2. The van der Waals surface area contributed by atoms with Crippen molar-refractivity contribution in [2.45, 2.75) is 56.5 Å². The van der Waals surface area contributed by atoms with Crippen LogP contribution in [0.5, 0.6) is 0 Å². The Morgan fingerprint density at radius 3 is 2.36 bits per heavy atom. The predicted molar refractivity (Wildman–Crippen MR) is 198 cm³/mol. The number of halogens is 8. The molecule has 0 unspecified atom stereocenters. The first-order chi connectivity index (χ1) is 26.8. The maximum Gasteiger partial charge on any atom is 0.435 e. The molecule has 0 bridgehead atoms. The molecule has 11 nitrogen and oxygen atoms in total. The summed E-state index contributed by atoms with van der Waals surface area (Å²) in [4.78, 5) is 18.6. The highest BCUT2D eigenvalue weighted by Gasteiger charge is 2.71. The monoisotopic (exact) mass is 849 g/mol. The average molecular weight is 850 g/mol. The van der Waals surface area contributed by atoms with Crippen LogP contribution in [0.4, 0.5) is 36.6 Å². The molecule has 7 rings (SSSR count). The van der Waals surface area contributed by atoms with Crippen molar-refractivity contribution in [2.24, 2.45) is 13.0 Å². The van der Waals surface area contributed by atoms with Gasteiger partial charge in [-0.2, -0.15) is 32.1 Å². The number of anilines is 1. The van der Waals surface area contributed by atoms with Gasteiger partial charge < -0.3 is 10.4 Å². The minimum absolute atomic E-state index is 0.0191. The number of rotatable bonds is 9. The number of pyridine rings is 1. The molecule has 0 spiro atoms. The summed E-state index contributed by atoms with van der Waals surface area (Å²) in [6.45, 7) is 5.17. The molecule has 2 aromatic carbocycles. The molecule has 58 heavy (non-hydrogen) atoms. The van der Waals surface area contributed by atoms with E-state index in [9.17, 15) is 40.3 Å². The summed E-state index contributed by atoms with van der Waals surface area (Å²) in [6, 6.07) is 7.08. The van der Waals surface area contributed by atoms with Crippen molar-refractivity contribution in [1.82, 2.24) is 29.9 Å². The zero-order valence-electron chi connectivity index (χ0n) is 30.7. The van der Waals surface area contributed by atoms with Gasteiger partial charge >= 0.3 is 6.18 Å². The molecule has 2 aliphatic rings. The van der Waals surface area contributed by atoms with Gasteiger partial charge in [0.25, 0.3) is 5.92 Å². The van der Waals surface area contributed by atoms with Gasteiger partial charge in [-0.05, 0) is 62.1 Å². The van der Waals surface area contributed by atoms with Crippen LogP contribution in [0.1, 0.15) is 59.7 Å². The fourth-order valence-corrected chi connectivity index (χ4v) is 8.09. The highest BCUT2D eigenvalue weighted by Crippen LogP contribution is 2.71. The third-order valence-corrected chi connectivity index (χ3v) is 10.4. The van der Waals surface area contributed by atoms with Gasteiger partial charge in [0.1, 0.15) is 35.2 Å². The van der Waals surface area contributed by atoms with E-state index < -0.39 is 93.1 Å². The summed E-state index contributed by atoms with van der Waals surface area (Å²) < 4.78 is 131. The van der Waals surface area contributed by atoms with Gasteiger partial charge in [-0.25, -0.2) is 22.2 Å². The van der Waals surface area contributed by atoms with Crippen LogP contribution in [0.3, 0.4) is 0 Å². The number of carbonyl (C=O) groups is 1. The summed E-state index contributed by atoms with van der Waals surface area (Å²) in [5, 5.41) is 20.9. The Morgan fingerprint density at radius 1 is 1.09 bits per heavy atom. The molecule has 0 radical (unpaired) electrons. The lowest BCUT2D eigenvalue weighted by atomic mass is 9.93. The van der Waals surface area contributed by atoms with Crippen LogP contribution in [0.2, 0.25) is 5.02 Å². The molecule has 2 aliphatic carbocycles. The summed E-state index contributed by atoms with van der Waals surface area (Å²) in [5.74, 6) is -4.57. The number of nitrogens with zero attached hydrogens (tertiary/aromatic N) is 5. The third-order valence-electron chi connectivity index (χ3n) is 9.55. The van der Waals surface area contributed by atoms with Crippen molar-refractivity contribution in [2.75, 3.05) is 11.0 Å². The van der Waals surface area contributed by atoms with E-state index in [0.29, 0.717) is 16.3 Å². The average Bonchev–Trinajstić information content (AvgIpc) is 3.31. The maximum absolute atomic E-state index is 15.6. The molecule has 0 aliphatic heterocycles. The van der Waals surface area contributed by atoms with Gasteiger partial charge in [-0.15, -0.1) is 0 Å². The van der Waals surface area contributed by atoms with E-state index in [0.717, 1.165) is 18.4 Å². The van der Waals surface area contributed by atoms with Crippen LogP contribution in [-0.2, 0) is 46.9 Å². The number of allylic oxidation sites excluding steroid dienone is 1. The summed E-state index contributed by atoms with van der Waals surface area (Å²) in [7, 11) is -2.37. The number of hydrogen-bond acceptors (Lipinski definition) is 7. The van der Waals surface area contributed by atoms with Crippen LogP contribution in [-0.4, -0.2) is 55.8 Å². The molecule has 5 aromatic rings. The smallest absolute Gasteiger partial charge is 0.378 e. The first-order valence-corrected chi connectivity index (χ1v) is 19.5. The molecule has 3 heterocycles. The first kappa shape index (κ1) is 40.7. The Morgan fingerprint density at radius 2 is 1.74 bits per heavy atom. The van der Waals surface area contributed by atoms with Crippen molar-refractivity contribution < 1.29 is 49.1 Å². The summed E-state index contributed by atoms with van der Waals surface area (Å²) >= 11 is 6.56. The number of sulfonamides is 1. The van der Waals surface area contributed by atoms with E-state index in [1.54, 1.807) is 0 Å². The minimum atomic E-state index is -5.14. The van der Waals surface area contributed by atoms with E-state index in [-0.39, 0.29) is 49.8 Å². The zero-order chi connectivity index (χ0) is 42.4. The number of aromatic nitrogens is 5. The van der Waals surface area contributed by atoms with Gasteiger partial charge in [-0.1, -0.05) is 35.7 Å². The van der Waals surface area contributed by atoms with Crippen LogP contribution in [0.15, 0.2) is 54.6 Å². The lowest BCUT2D eigenvalue weighted by Crippen LogP contribution is -2.35. The molecular weight excluding hydrogens is 819 g/mol. The highest BCUT2D eigenvalue weighted by molar-refractivity contribution is 7.92. The van der Waals surface area contributed by atoms with Crippen molar-refractivity contribution in [3.63, 3.8) is 0 Å². The minimum Gasteiger partial charge on any atom is -0.378 e. The van der Waals surface area contributed by atoms with Crippen LogP contribution >= 0.6 is 11.6 Å². The first-order valence-electron chi connectivity index (χ1n) is 17.2. The molecule has 3 N–H and O–H groups in total. The van der Waals surface area contributed by atoms with E-state index in [1.165, 1.54) is 49.8 Å². The zero-order valence-corrected chi connectivity index (χ0v) is 32.3. The van der Waals surface area contributed by atoms with E-state index in [1.807, 2.05) is 0 Å². The number of alkyl halides is 5. The predicted octanol–water partition coefficient (Wildman–Crippen LogP) is 6.75. The summed E-state index contributed by atoms with van der Waals surface area (Å²) in [6.07, 6.45) is -4.65. The molecule has 1 saturated carbocycles. The van der Waals surface area contributed by atoms with Crippen LogP contribution in [0.25, 0.3) is 22.0 Å². The molecule has 3 atom stereocenters. The van der Waals surface area contributed by atoms with E-state index >= 15 is 8.78 Å². The molecule has 304 valence electrons. The number of fused-ring (bicyclic) bond motifs is 4.